The Balaban J connectivity index is 2.07. The van der Waals surface area contributed by atoms with Gasteiger partial charge in [-0.25, -0.2) is 4.79 Å². The van der Waals surface area contributed by atoms with E-state index >= 15 is 0 Å². The number of benzene rings is 2. The van der Waals surface area contributed by atoms with Crippen LogP contribution in [-0.2, 0) is 11.3 Å². The zero-order chi connectivity index (χ0) is 21.5. The van der Waals surface area contributed by atoms with Crippen LogP contribution >= 0.6 is 11.6 Å². The zero-order valence-corrected chi connectivity index (χ0v) is 18.9. The molecule has 4 nitrogen and oxygen atoms in total. The number of fused-ring (bicyclic) bond motifs is 1. The minimum absolute atomic E-state index is 0.282. The Morgan fingerprint density at radius 2 is 1.73 bits per heavy atom. The van der Waals surface area contributed by atoms with Crippen LogP contribution < -0.4 is 0 Å². The Kier molecular flexibility index (Phi) is 7.94. The summed E-state index contributed by atoms with van der Waals surface area (Å²) < 4.78 is 7.57. The molecular formula is C25H31ClN2O2. The van der Waals surface area contributed by atoms with Gasteiger partial charge in [0.2, 0.25) is 0 Å². The van der Waals surface area contributed by atoms with Crippen molar-refractivity contribution >= 4 is 28.3 Å². The molecule has 30 heavy (non-hydrogen) atoms. The summed E-state index contributed by atoms with van der Waals surface area (Å²) in [5, 5.41) is 2.54. The first-order valence-corrected chi connectivity index (χ1v) is 11.2. The van der Waals surface area contributed by atoms with Gasteiger partial charge in [0, 0.05) is 22.3 Å². The van der Waals surface area contributed by atoms with Gasteiger partial charge in [-0.3, -0.25) is 0 Å². The Morgan fingerprint density at radius 3 is 2.40 bits per heavy atom. The van der Waals surface area contributed by atoms with Crippen molar-refractivity contribution < 1.29 is 9.53 Å². The molecule has 0 spiro atoms. The zero-order valence-electron chi connectivity index (χ0n) is 18.2. The Morgan fingerprint density at radius 1 is 1.00 bits per heavy atom. The standard InChI is InChI=1S/C25H31ClN2O2/c1-4-27(5-2)16-10-11-17-28-23(19-12-8-7-9-13-19)22-18-20(26)14-15-21(22)24(28)25(29)30-6-3/h7-9,12-15,18H,4-6,10-11,16-17H2,1-3H3. The maximum Gasteiger partial charge on any atom is 0.355 e. The number of aromatic nitrogens is 1. The van der Waals surface area contributed by atoms with E-state index in [0.717, 1.165) is 61.1 Å². The molecule has 0 aliphatic heterocycles. The van der Waals surface area contributed by atoms with E-state index in [0.29, 0.717) is 17.3 Å². The molecule has 5 heteroatoms. The Hall–Kier alpha value is -2.30. The van der Waals surface area contributed by atoms with E-state index in [-0.39, 0.29) is 5.97 Å². The molecule has 1 heterocycles. The molecule has 2 aromatic carbocycles. The van der Waals surface area contributed by atoms with Gasteiger partial charge in [-0.2, -0.15) is 0 Å². The van der Waals surface area contributed by atoms with E-state index in [1.54, 1.807) is 0 Å². The van der Waals surface area contributed by atoms with E-state index in [9.17, 15) is 4.79 Å². The molecule has 0 amide bonds. The lowest BCUT2D eigenvalue weighted by atomic mass is 10.1. The van der Waals surface area contributed by atoms with Gasteiger partial charge >= 0.3 is 5.97 Å². The summed E-state index contributed by atoms with van der Waals surface area (Å²) in [6.07, 6.45) is 2.06. The summed E-state index contributed by atoms with van der Waals surface area (Å²) in [6, 6.07) is 15.9. The molecule has 0 N–H and O–H groups in total. The molecule has 0 atom stereocenters. The number of unbranched alkanes of at least 4 members (excludes halogenated alkanes) is 1. The topological polar surface area (TPSA) is 34.5 Å². The van der Waals surface area contributed by atoms with Crippen molar-refractivity contribution in [2.75, 3.05) is 26.2 Å². The lowest BCUT2D eigenvalue weighted by Crippen LogP contribution is -2.24. The highest BCUT2D eigenvalue weighted by Crippen LogP contribution is 2.36. The second kappa shape index (κ2) is 10.6. The highest BCUT2D eigenvalue weighted by Gasteiger charge is 2.24. The van der Waals surface area contributed by atoms with Crippen molar-refractivity contribution in [1.82, 2.24) is 9.47 Å². The number of ether oxygens (including phenoxy) is 1. The van der Waals surface area contributed by atoms with Gasteiger partial charge in [-0.05, 0) is 57.1 Å². The van der Waals surface area contributed by atoms with Gasteiger partial charge in [0.05, 0.1) is 12.3 Å². The number of hydrogen-bond donors (Lipinski definition) is 0. The molecular weight excluding hydrogens is 396 g/mol. The normalized spacial score (nSPS) is 11.4. The predicted octanol–water partition coefficient (Wildman–Crippen LogP) is 6.26. The van der Waals surface area contributed by atoms with Crippen LogP contribution in [0.3, 0.4) is 0 Å². The quantitative estimate of drug-likeness (QED) is 0.283. The second-order valence-corrected chi connectivity index (χ2v) is 7.80. The third kappa shape index (κ3) is 4.88. The Labute approximate surface area is 184 Å². The third-order valence-electron chi connectivity index (χ3n) is 5.55. The highest BCUT2D eigenvalue weighted by atomic mass is 35.5. The number of esters is 1. The largest absolute Gasteiger partial charge is 0.461 e. The predicted molar refractivity (Wildman–Crippen MR) is 125 cm³/mol. The first-order valence-electron chi connectivity index (χ1n) is 10.9. The summed E-state index contributed by atoms with van der Waals surface area (Å²) in [5.41, 5.74) is 2.72. The molecule has 0 saturated heterocycles. The smallest absolute Gasteiger partial charge is 0.355 e. The number of carbonyl (C=O) groups excluding carboxylic acids is 1. The maximum atomic E-state index is 13.0. The van der Waals surface area contributed by atoms with Gasteiger partial charge in [0.1, 0.15) is 5.69 Å². The van der Waals surface area contributed by atoms with Crippen LogP contribution in [0.5, 0.6) is 0 Å². The monoisotopic (exact) mass is 426 g/mol. The molecule has 0 aliphatic carbocycles. The van der Waals surface area contributed by atoms with Crippen molar-refractivity contribution in [2.24, 2.45) is 0 Å². The lowest BCUT2D eigenvalue weighted by molar-refractivity contribution is 0.0516. The molecule has 0 aliphatic rings. The van der Waals surface area contributed by atoms with Crippen LogP contribution in [0.4, 0.5) is 0 Å². The molecule has 3 rings (SSSR count). The lowest BCUT2D eigenvalue weighted by Gasteiger charge is -2.18. The Bertz CT molecular complexity index is 978. The summed E-state index contributed by atoms with van der Waals surface area (Å²) in [5.74, 6) is -0.282. The summed E-state index contributed by atoms with van der Waals surface area (Å²) in [6.45, 7) is 10.5. The summed E-state index contributed by atoms with van der Waals surface area (Å²) in [4.78, 5) is 15.4. The first-order chi connectivity index (χ1) is 14.6. The van der Waals surface area contributed by atoms with Crippen LogP contribution in [0.25, 0.3) is 22.0 Å². The fourth-order valence-corrected chi connectivity index (χ4v) is 4.19. The molecule has 1 aromatic heterocycles. The van der Waals surface area contributed by atoms with E-state index in [2.05, 4.69) is 35.4 Å². The van der Waals surface area contributed by atoms with E-state index in [1.807, 2.05) is 43.3 Å². The molecule has 0 fully saturated rings. The van der Waals surface area contributed by atoms with Crippen molar-refractivity contribution in [3.63, 3.8) is 0 Å². The van der Waals surface area contributed by atoms with Gasteiger partial charge in [-0.15, -0.1) is 0 Å². The van der Waals surface area contributed by atoms with Gasteiger partial charge in [-0.1, -0.05) is 61.8 Å². The summed E-state index contributed by atoms with van der Waals surface area (Å²) >= 11 is 6.34. The second-order valence-electron chi connectivity index (χ2n) is 7.36. The van der Waals surface area contributed by atoms with Crippen LogP contribution in [0.15, 0.2) is 48.5 Å². The molecule has 0 bridgehead atoms. The number of halogens is 1. The molecule has 0 radical (unpaired) electrons. The first kappa shape index (κ1) is 22.4. The van der Waals surface area contributed by atoms with E-state index < -0.39 is 0 Å². The number of rotatable bonds is 10. The van der Waals surface area contributed by atoms with Crippen LogP contribution in [0.1, 0.15) is 44.1 Å². The number of nitrogens with zero attached hydrogens (tertiary/aromatic N) is 2. The third-order valence-corrected chi connectivity index (χ3v) is 5.78. The van der Waals surface area contributed by atoms with Crippen molar-refractivity contribution in [3.05, 3.63) is 59.2 Å². The minimum Gasteiger partial charge on any atom is -0.461 e. The average Bonchev–Trinajstić information content (AvgIpc) is 3.07. The fraction of sp³-hybridized carbons (Fsp3) is 0.400. The minimum atomic E-state index is -0.282. The van der Waals surface area contributed by atoms with Crippen molar-refractivity contribution in [1.29, 1.82) is 0 Å². The fourth-order valence-electron chi connectivity index (χ4n) is 4.02. The summed E-state index contributed by atoms with van der Waals surface area (Å²) in [7, 11) is 0. The highest BCUT2D eigenvalue weighted by molar-refractivity contribution is 6.31. The van der Waals surface area contributed by atoms with Gasteiger partial charge in [0.15, 0.2) is 0 Å². The van der Waals surface area contributed by atoms with Gasteiger partial charge < -0.3 is 14.2 Å². The maximum absolute atomic E-state index is 13.0. The van der Waals surface area contributed by atoms with Crippen LogP contribution in [0, 0.1) is 0 Å². The van der Waals surface area contributed by atoms with Crippen molar-refractivity contribution in [2.45, 2.75) is 40.2 Å². The molecule has 3 aromatic rings. The molecule has 0 unspecified atom stereocenters. The SMILES string of the molecule is CCOC(=O)c1c2ccc(Cl)cc2c(-c2ccccc2)n1CCCCN(CC)CC. The number of carbonyl (C=O) groups is 1. The molecule has 0 saturated carbocycles. The van der Waals surface area contributed by atoms with Crippen molar-refractivity contribution in [3.8, 4) is 11.3 Å². The van der Waals surface area contributed by atoms with E-state index in [4.69, 9.17) is 16.3 Å². The number of hydrogen-bond acceptors (Lipinski definition) is 3. The van der Waals surface area contributed by atoms with E-state index in [1.165, 1.54) is 0 Å². The average molecular weight is 427 g/mol. The van der Waals surface area contributed by atoms with Gasteiger partial charge in [0.25, 0.3) is 0 Å². The van der Waals surface area contributed by atoms with Crippen LogP contribution in [-0.4, -0.2) is 41.7 Å². The van der Waals surface area contributed by atoms with Crippen LogP contribution in [0.2, 0.25) is 5.02 Å². The molecule has 160 valence electrons.